The van der Waals surface area contributed by atoms with Crippen LogP contribution in [0, 0.1) is 13.8 Å². The van der Waals surface area contributed by atoms with Crippen LogP contribution in [0.25, 0.3) is 6.08 Å². The molecule has 1 aliphatic rings. The zero-order valence-electron chi connectivity index (χ0n) is 24.3. The van der Waals surface area contributed by atoms with Crippen molar-refractivity contribution in [3.8, 4) is 17.2 Å². The second kappa shape index (κ2) is 13.1. The molecule has 8 heteroatoms. The van der Waals surface area contributed by atoms with Gasteiger partial charge in [0.05, 0.1) is 12.3 Å². The highest BCUT2D eigenvalue weighted by molar-refractivity contribution is 6.39. The van der Waals surface area contributed by atoms with E-state index in [1.807, 2.05) is 75.4 Å². The smallest absolute Gasteiger partial charge is 0.335 e. The fourth-order valence-electron chi connectivity index (χ4n) is 4.57. The summed E-state index contributed by atoms with van der Waals surface area (Å²) in [7, 11) is 0. The quantitative estimate of drug-likeness (QED) is 0.171. The van der Waals surface area contributed by atoms with E-state index in [0.29, 0.717) is 41.7 Å². The predicted octanol–water partition coefficient (Wildman–Crippen LogP) is 6.53. The van der Waals surface area contributed by atoms with Gasteiger partial charge in [-0.15, -0.1) is 0 Å². The fourth-order valence-corrected chi connectivity index (χ4v) is 4.57. The molecule has 1 saturated heterocycles. The molecule has 4 aromatic rings. The van der Waals surface area contributed by atoms with Gasteiger partial charge in [-0.1, -0.05) is 60.7 Å². The Kier molecular flexibility index (Phi) is 8.86. The Balaban J connectivity index is 1.35. The van der Waals surface area contributed by atoms with Crippen molar-refractivity contribution in [1.82, 2.24) is 5.32 Å². The number of nitrogens with zero attached hydrogens (tertiary/aromatic N) is 1. The van der Waals surface area contributed by atoms with E-state index in [1.54, 1.807) is 36.4 Å². The Morgan fingerprint density at radius 1 is 0.698 bits per heavy atom. The van der Waals surface area contributed by atoms with Crippen LogP contribution in [-0.4, -0.2) is 24.5 Å². The normalized spacial score (nSPS) is 14.1. The second-order valence-electron chi connectivity index (χ2n) is 10.0. The lowest BCUT2D eigenvalue weighted by molar-refractivity contribution is -0.122. The van der Waals surface area contributed by atoms with Crippen LogP contribution in [0.5, 0.6) is 17.2 Å². The van der Waals surface area contributed by atoms with E-state index in [1.165, 1.54) is 6.08 Å². The number of urea groups is 1. The van der Waals surface area contributed by atoms with E-state index in [0.717, 1.165) is 27.2 Å². The minimum Gasteiger partial charge on any atom is -0.490 e. The number of hydrogen-bond donors (Lipinski definition) is 1. The van der Waals surface area contributed by atoms with E-state index in [-0.39, 0.29) is 12.2 Å². The lowest BCUT2D eigenvalue weighted by atomic mass is 10.0. The molecular weight excluding hydrogens is 544 g/mol. The Morgan fingerprint density at radius 3 is 2.19 bits per heavy atom. The summed E-state index contributed by atoms with van der Waals surface area (Å²) in [5.41, 5.74) is 4.56. The van der Waals surface area contributed by atoms with Crippen molar-refractivity contribution in [2.75, 3.05) is 11.5 Å². The van der Waals surface area contributed by atoms with E-state index >= 15 is 0 Å². The molecule has 0 saturated carbocycles. The number of hydrogen-bond acceptors (Lipinski definition) is 6. The molecule has 4 amide bonds. The molecule has 43 heavy (non-hydrogen) atoms. The predicted molar refractivity (Wildman–Crippen MR) is 164 cm³/mol. The van der Waals surface area contributed by atoms with Gasteiger partial charge in [0.1, 0.15) is 24.5 Å². The molecule has 0 radical (unpaired) electrons. The van der Waals surface area contributed by atoms with Crippen LogP contribution in [-0.2, 0) is 22.8 Å². The number of carbonyl (C=O) groups excluding carboxylic acids is 3. The standard InChI is InChI=1S/C35H32N2O6/c1-4-41-32-19-26(15-17-31(32)43-21-25-10-6-5-7-11-25)22-42-30-13-9-8-12-27(30)20-29-33(38)36-35(40)37(34(29)39)28-16-14-23(2)24(3)18-28/h5-20H,4,21-22H2,1-3H3,(H,36,38,40)/b29-20-. The summed E-state index contributed by atoms with van der Waals surface area (Å²) in [5, 5.41) is 2.28. The number of barbiturate groups is 1. The Morgan fingerprint density at radius 2 is 1.42 bits per heavy atom. The van der Waals surface area contributed by atoms with Gasteiger partial charge in [0, 0.05) is 5.56 Å². The Hall–Kier alpha value is -5.37. The van der Waals surface area contributed by atoms with Crippen LogP contribution in [0.15, 0.2) is 96.6 Å². The van der Waals surface area contributed by atoms with Crippen LogP contribution < -0.4 is 24.4 Å². The number of ether oxygens (including phenoxy) is 3. The van der Waals surface area contributed by atoms with Gasteiger partial charge in [-0.05, 0) is 79.4 Å². The summed E-state index contributed by atoms with van der Waals surface area (Å²) in [6.45, 7) is 6.83. The van der Waals surface area contributed by atoms with Gasteiger partial charge in [0.25, 0.3) is 11.8 Å². The molecule has 0 atom stereocenters. The fraction of sp³-hybridized carbons (Fsp3) is 0.171. The molecule has 0 spiro atoms. The molecule has 5 rings (SSSR count). The van der Waals surface area contributed by atoms with Crippen LogP contribution in [0.2, 0.25) is 0 Å². The van der Waals surface area contributed by atoms with Gasteiger partial charge in [0.15, 0.2) is 11.5 Å². The maximum atomic E-state index is 13.4. The largest absolute Gasteiger partial charge is 0.490 e. The van der Waals surface area contributed by atoms with E-state index in [2.05, 4.69) is 5.32 Å². The van der Waals surface area contributed by atoms with Gasteiger partial charge in [-0.2, -0.15) is 0 Å². The number of amides is 4. The summed E-state index contributed by atoms with van der Waals surface area (Å²) in [6, 6.07) is 27.0. The van der Waals surface area contributed by atoms with Crippen molar-refractivity contribution in [3.63, 3.8) is 0 Å². The first-order valence-electron chi connectivity index (χ1n) is 14.0. The summed E-state index contributed by atoms with van der Waals surface area (Å²) >= 11 is 0. The highest BCUT2D eigenvalue weighted by Gasteiger charge is 2.37. The summed E-state index contributed by atoms with van der Waals surface area (Å²) in [5.74, 6) is 0.226. The number of anilines is 1. The molecular formula is C35H32N2O6. The lowest BCUT2D eigenvalue weighted by Gasteiger charge is -2.27. The van der Waals surface area contributed by atoms with Crippen molar-refractivity contribution in [3.05, 3.63) is 124 Å². The molecule has 0 bridgehead atoms. The van der Waals surface area contributed by atoms with Gasteiger partial charge in [-0.3, -0.25) is 14.9 Å². The van der Waals surface area contributed by atoms with Crippen molar-refractivity contribution >= 4 is 29.6 Å². The van der Waals surface area contributed by atoms with Gasteiger partial charge in [0.2, 0.25) is 0 Å². The molecule has 1 heterocycles. The van der Waals surface area contributed by atoms with Gasteiger partial charge in [-0.25, -0.2) is 9.69 Å². The first kappa shape index (κ1) is 29.1. The number of benzene rings is 4. The number of rotatable bonds is 10. The molecule has 1 aliphatic heterocycles. The van der Waals surface area contributed by atoms with Crippen molar-refractivity contribution < 1.29 is 28.6 Å². The highest BCUT2D eigenvalue weighted by atomic mass is 16.5. The molecule has 0 unspecified atom stereocenters. The van der Waals surface area contributed by atoms with Crippen LogP contribution >= 0.6 is 0 Å². The first-order valence-corrected chi connectivity index (χ1v) is 14.0. The number of aryl methyl sites for hydroxylation is 2. The SMILES string of the molecule is CCOc1cc(COc2ccccc2/C=C2/C(=O)NC(=O)N(c3ccc(C)c(C)c3)C2=O)ccc1OCc1ccccc1. The first-order chi connectivity index (χ1) is 20.8. The second-order valence-corrected chi connectivity index (χ2v) is 10.0. The molecule has 0 aromatic heterocycles. The summed E-state index contributed by atoms with van der Waals surface area (Å²) in [6.07, 6.45) is 1.44. The van der Waals surface area contributed by atoms with Crippen LogP contribution in [0.4, 0.5) is 10.5 Å². The zero-order valence-corrected chi connectivity index (χ0v) is 24.3. The van der Waals surface area contributed by atoms with E-state index in [4.69, 9.17) is 14.2 Å². The average molecular weight is 577 g/mol. The van der Waals surface area contributed by atoms with Crippen LogP contribution in [0.1, 0.15) is 34.7 Å². The number of nitrogens with one attached hydrogen (secondary N) is 1. The van der Waals surface area contributed by atoms with E-state index < -0.39 is 17.8 Å². The minimum atomic E-state index is -0.791. The third kappa shape index (κ3) is 6.76. The summed E-state index contributed by atoms with van der Waals surface area (Å²) in [4.78, 5) is 39.8. The third-order valence-electron chi connectivity index (χ3n) is 7.01. The Labute approximate surface area is 250 Å². The summed E-state index contributed by atoms with van der Waals surface area (Å²) < 4.78 is 18.0. The van der Waals surface area contributed by atoms with Crippen molar-refractivity contribution in [1.29, 1.82) is 0 Å². The molecule has 8 nitrogen and oxygen atoms in total. The van der Waals surface area contributed by atoms with Gasteiger partial charge >= 0.3 is 6.03 Å². The topological polar surface area (TPSA) is 94.2 Å². The third-order valence-corrected chi connectivity index (χ3v) is 7.01. The highest BCUT2D eigenvalue weighted by Crippen LogP contribution is 2.31. The number of carbonyl (C=O) groups is 3. The zero-order chi connectivity index (χ0) is 30.3. The van der Waals surface area contributed by atoms with E-state index in [9.17, 15) is 14.4 Å². The average Bonchev–Trinajstić information content (AvgIpc) is 3.00. The molecule has 4 aromatic carbocycles. The van der Waals surface area contributed by atoms with Gasteiger partial charge < -0.3 is 14.2 Å². The molecule has 1 fully saturated rings. The lowest BCUT2D eigenvalue weighted by Crippen LogP contribution is -2.54. The molecule has 218 valence electrons. The maximum Gasteiger partial charge on any atom is 0.335 e. The van der Waals surface area contributed by atoms with Crippen molar-refractivity contribution in [2.24, 2.45) is 0 Å². The Bertz CT molecular complexity index is 1700. The maximum absolute atomic E-state index is 13.4. The minimum absolute atomic E-state index is 0.174. The monoisotopic (exact) mass is 576 g/mol. The molecule has 1 N–H and O–H groups in total. The molecule has 0 aliphatic carbocycles. The van der Waals surface area contributed by atoms with Crippen molar-refractivity contribution in [2.45, 2.75) is 34.0 Å². The van der Waals surface area contributed by atoms with Crippen LogP contribution in [0.3, 0.4) is 0 Å². The number of para-hydroxylation sites is 1. The number of imide groups is 2.